The second-order valence-electron chi connectivity index (χ2n) is 4.54. The van der Waals surface area contributed by atoms with Crippen LogP contribution in [0.4, 0.5) is 0 Å². The number of nitrogens with two attached hydrogens (primary N) is 1. The van der Waals surface area contributed by atoms with E-state index in [0.717, 1.165) is 19.3 Å². The summed E-state index contributed by atoms with van der Waals surface area (Å²) < 4.78 is 0. The Balaban J connectivity index is 4.42. The van der Waals surface area contributed by atoms with Gasteiger partial charge in [-0.05, 0) is 20.3 Å². The Morgan fingerprint density at radius 1 is 1.44 bits per heavy atom. The van der Waals surface area contributed by atoms with Crippen molar-refractivity contribution in [3.05, 3.63) is 0 Å². The summed E-state index contributed by atoms with van der Waals surface area (Å²) in [5, 5.41) is 11.5. The standard InChI is InChI=1S/C11H23N3O2/c1-5-6-7-8-14(4)10(15)11(2,3)9(12)13-16/h16H,5-8H2,1-4H3,(H2,12,13). The predicted octanol–water partition coefficient (Wildman–Crippen LogP) is 1.41. The van der Waals surface area contributed by atoms with Gasteiger partial charge < -0.3 is 15.8 Å². The van der Waals surface area contributed by atoms with E-state index in [9.17, 15) is 4.79 Å². The van der Waals surface area contributed by atoms with Crippen molar-refractivity contribution in [2.45, 2.75) is 40.0 Å². The highest BCUT2D eigenvalue weighted by atomic mass is 16.4. The van der Waals surface area contributed by atoms with Crippen LogP contribution in [-0.4, -0.2) is 35.4 Å². The van der Waals surface area contributed by atoms with Gasteiger partial charge in [0.1, 0.15) is 5.41 Å². The number of amides is 1. The molecule has 0 aliphatic rings. The number of hydrogen-bond acceptors (Lipinski definition) is 3. The summed E-state index contributed by atoms with van der Waals surface area (Å²) in [5.74, 6) is -0.182. The Kier molecular flexibility index (Phi) is 5.85. The molecule has 0 aromatic rings. The second kappa shape index (κ2) is 6.35. The van der Waals surface area contributed by atoms with Crippen molar-refractivity contribution in [1.29, 1.82) is 0 Å². The van der Waals surface area contributed by atoms with Crippen molar-refractivity contribution in [1.82, 2.24) is 4.90 Å². The lowest BCUT2D eigenvalue weighted by Gasteiger charge is -2.28. The van der Waals surface area contributed by atoms with Gasteiger partial charge >= 0.3 is 0 Å². The maximum Gasteiger partial charge on any atom is 0.235 e. The van der Waals surface area contributed by atoms with E-state index in [1.807, 2.05) is 0 Å². The summed E-state index contributed by atoms with van der Waals surface area (Å²) in [6.07, 6.45) is 3.19. The van der Waals surface area contributed by atoms with E-state index in [0.29, 0.717) is 6.54 Å². The average Bonchev–Trinajstić information content (AvgIpc) is 2.26. The second-order valence-corrected chi connectivity index (χ2v) is 4.54. The Hall–Kier alpha value is -1.26. The number of carbonyl (C=O) groups is 1. The molecule has 0 bridgehead atoms. The van der Waals surface area contributed by atoms with Crippen LogP contribution in [0.3, 0.4) is 0 Å². The number of amidine groups is 1. The van der Waals surface area contributed by atoms with Gasteiger partial charge in [-0.1, -0.05) is 24.9 Å². The summed E-state index contributed by atoms with van der Waals surface area (Å²) in [4.78, 5) is 13.6. The minimum Gasteiger partial charge on any atom is -0.409 e. The van der Waals surface area contributed by atoms with Crippen LogP contribution in [0.25, 0.3) is 0 Å². The van der Waals surface area contributed by atoms with Crippen molar-refractivity contribution in [3.63, 3.8) is 0 Å². The maximum atomic E-state index is 12.0. The molecule has 0 aromatic heterocycles. The van der Waals surface area contributed by atoms with Gasteiger partial charge in [0.15, 0.2) is 5.84 Å². The molecular formula is C11H23N3O2. The molecule has 16 heavy (non-hydrogen) atoms. The molecular weight excluding hydrogens is 206 g/mol. The van der Waals surface area contributed by atoms with E-state index in [1.54, 1.807) is 25.8 Å². The summed E-state index contributed by atoms with van der Waals surface area (Å²) in [6.45, 7) is 6.12. The molecule has 0 radical (unpaired) electrons. The summed E-state index contributed by atoms with van der Waals surface area (Å²) in [5.41, 5.74) is 4.55. The number of nitrogens with zero attached hydrogens (tertiary/aromatic N) is 2. The van der Waals surface area contributed by atoms with Gasteiger partial charge in [-0.3, -0.25) is 4.79 Å². The fourth-order valence-corrected chi connectivity index (χ4v) is 1.41. The fraction of sp³-hybridized carbons (Fsp3) is 0.818. The van der Waals surface area contributed by atoms with Crippen LogP contribution in [0.2, 0.25) is 0 Å². The maximum absolute atomic E-state index is 12.0. The number of carbonyl (C=O) groups excluding carboxylic acids is 1. The van der Waals surface area contributed by atoms with Gasteiger partial charge in [-0.2, -0.15) is 0 Å². The van der Waals surface area contributed by atoms with Crippen molar-refractivity contribution < 1.29 is 10.0 Å². The summed E-state index contributed by atoms with van der Waals surface area (Å²) >= 11 is 0. The minimum absolute atomic E-state index is 0.0557. The van der Waals surface area contributed by atoms with Crippen LogP contribution >= 0.6 is 0 Å². The number of rotatable bonds is 6. The quantitative estimate of drug-likeness (QED) is 0.237. The normalized spacial score (nSPS) is 12.6. The molecule has 0 fully saturated rings. The largest absolute Gasteiger partial charge is 0.409 e. The lowest BCUT2D eigenvalue weighted by atomic mass is 9.90. The van der Waals surface area contributed by atoms with Gasteiger partial charge in [-0.15, -0.1) is 0 Å². The summed E-state index contributed by atoms with van der Waals surface area (Å²) in [6, 6.07) is 0. The fourth-order valence-electron chi connectivity index (χ4n) is 1.41. The van der Waals surface area contributed by atoms with E-state index < -0.39 is 5.41 Å². The van der Waals surface area contributed by atoms with E-state index in [1.165, 1.54) is 0 Å². The molecule has 0 aliphatic carbocycles. The first-order valence-electron chi connectivity index (χ1n) is 5.61. The lowest BCUT2D eigenvalue weighted by molar-refractivity contribution is -0.135. The van der Waals surface area contributed by atoms with Crippen LogP contribution in [0, 0.1) is 5.41 Å². The monoisotopic (exact) mass is 229 g/mol. The smallest absolute Gasteiger partial charge is 0.235 e. The first-order valence-corrected chi connectivity index (χ1v) is 5.61. The number of hydrogen-bond donors (Lipinski definition) is 2. The molecule has 5 nitrogen and oxygen atoms in total. The molecule has 0 aliphatic heterocycles. The van der Waals surface area contributed by atoms with E-state index >= 15 is 0 Å². The van der Waals surface area contributed by atoms with E-state index in [4.69, 9.17) is 10.9 Å². The molecule has 0 rings (SSSR count). The predicted molar refractivity (Wildman–Crippen MR) is 64.4 cm³/mol. The van der Waals surface area contributed by atoms with Crippen LogP contribution in [0.15, 0.2) is 5.16 Å². The molecule has 0 atom stereocenters. The molecule has 0 saturated carbocycles. The first kappa shape index (κ1) is 14.7. The van der Waals surface area contributed by atoms with Crippen LogP contribution in [0.1, 0.15) is 40.0 Å². The zero-order chi connectivity index (χ0) is 12.8. The minimum atomic E-state index is -0.949. The molecule has 0 spiro atoms. The number of unbranched alkanes of at least 4 members (excludes halogenated alkanes) is 2. The van der Waals surface area contributed by atoms with Crippen LogP contribution in [0.5, 0.6) is 0 Å². The van der Waals surface area contributed by atoms with Gasteiger partial charge in [0.25, 0.3) is 0 Å². The topological polar surface area (TPSA) is 78.9 Å². The number of oxime groups is 1. The van der Waals surface area contributed by atoms with Crippen molar-refractivity contribution >= 4 is 11.7 Å². The van der Waals surface area contributed by atoms with Gasteiger partial charge in [0.2, 0.25) is 5.91 Å². The third-order valence-corrected chi connectivity index (χ3v) is 2.73. The third kappa shape index (κ3) is 3.72. The molecule has 94 valence electrons. The lowest BCUT2D eigenvalue weighted by Crippen LogP contribution is -2.46. The highest BCUT2D eigenvalue weighted by molar-refractivity contribution is 6.05. The molecule has 5 heteroatoms. The Morgan fingerprint density at radius 3 is 2.44 bits per heavy atom. The van der Waals surface area contributed by atoms with Crippen molar-refractivity contribution in [3.8, 4) is 0 Å². The Labute approximate surface area is 97.3 Å². The Bertz CT molecular complexity index is 262. The van der Waals surface area contributed by atoms with Gasteiger partial charge in [0, 0.05) is 13.6 Å². The molecule has 0 saturated heterocycles. The molecule has 0 unspecified atom stereocenters. The highest BCUT2D eigenvalue weighted by Gasteiger charge is 2.34. The van der Waals surface area contributed by atoms with Crippen LogP contribution < -0.4 is 5.73 Å². The van der Waals surface area contributed by atoms with E-state index in [2.05, 4.69) is 12.1 Å². The highest BCUT2D eigenvalue weighted by Crippen LogP contribution is 2.18. The SMILES string of the molecule is CCCCCN(C)C(=O)C(C)(C)C(N)=NO. The molecule has 3 N–H and O–H groups in total. The van der Waals surface area contributed by atoms with Crippen molar-refractivity contribution in [2.24, 2.45) is 16.3 Å². The van der Waals surface area contributed by atoms with Gasteiger partial charge in [-0.25, -0.2) is 0 Å². The van der Waals surface area contributed by atoms with E-state index in [-0.39, 0.29) is 11.7 Å². The Morgan fingerprint density at radius 2 is 2.00 bits per heavy atom. The molecule has 0 aromatic carbocycles. The molecule has 0 heterocycles. The molecule has 1 amide bonds. The van der Waals surface area contributed by atoms with Gasteiger partial charge in [0.05, 0.1) is 0 Å². The summed E-state index contributed by atoms with van der Waals surface area (Å²) in [7, 11) is 1.74. The zero-order valence-corrected chi connectivity index (χ0v) is 10.7. The zero-order valence-electron chi connectivity index (χ0n) is 10.7. The first-order chi connectivity index (χ1) is 7.37. The average molecular weight is 229 g/mol. The van der Waals surface area contributed by atoms with Crippen LogP contribution in [-0.2, 0) is 4.79 Å². The third-order valence-electron chi connectivity index (χ3n) is 2.73. The van der Waals surface area contributed by atoms with Crippen molar-refractivity contribution in [2.75, 3.05) is 13.6 Å².